The molecule has 5 aromatic rings. The van der Waals surface area contributed by atoms with Gasteiger partial charge in [0.05, 0.1) is 0 Å². The van der Waals surface area contributed by atoms with Crippen molar-refractivity contribution in [3.8, 4) is 0 Å². The van der Waals surface area contributed by atoms with Gasteiger partial charge in [0, 0.05) is 24.2 Å². The van der Waals surface area contributed by atoms with E-state index in [0.717, 1.165) is 23.0 Å². The highest BCUT2D eigenvalue weighted by molar-refractivity contribution is 5.81. The lowest BCUT2D eigenvalue weighted by atomic mass is 9.83. The molecule has 0 saturated carbocycles. The highest BCUT2D eigenvalue weighted by atomic mass is 16.5. The normalized spacial score (nSPS) is 19.2. The Morgan fingerprint density at radius 1 is 0.821 bits per heavy atom. The van der Waals surface area contributed by atoms with Crippen LogP contribution in [0.4, 0.5) is 0 Å². The second-order valence-corrected chi connectivity index (χ2v) is 9.90. The van der Waals surface area contributed by atoms with E-state index in [1.54, 1.807) is 12.1 Å². The van der Waals surface area contributed by atoms with Crippen LogP contribution in [0, 0.1) is 0 Å². The predicted molar refractivity (Wildman–Crippen MR) is 155 cm³/mol. The standard InChI is InChI=1S/C35H29NO3/c37-34(38)33(30-14-8-3-9-15-30)39-35(21-18-28(19-22-35)27-12-6-2-7-13-27)31-17-16-29-20-23-36(32(29)24-31)25-26-10-4-1-5-11-26/h1-24,28,33H,25H2,(H,37,38). The molecule has 0 radical (unpaired) electrons. The molecule has 1 aromatic heterocycles. The Labute approximate surface area is 228 Å². The van der Waals surface area contributed by atoms with E-state index in [0.29, 0.717) is 5.56 Å². The van der Waals surface area contributed by atoms with Crippen LogP contribution in [-0.2, 0) is 21.7 Å². The first-order chi connectivity index (χ1) is 19.1. The van der Waals surface area contributed by atoms with Gasteiger partial charge < -0.3 is 14.4 Å². The van der Waals surface area contributed by atoms with Crippen molar-refractivity contribution in [1.82, 2.24) is 4.57 Å². The van der Waals surface area contributed by atoms with Crippen LogP contribution in [-0.4, -0.2) is 15.6 Å². The second-order valence-electron chi connectivity index (χ2n) is 9.90. The number of carboxylic acids is 1. The number of nitrogens with zero attached hydrogens (tertiary/aromatic N) is 1. The Balaban J connectivity index is 1.43. The fourth-order valence-corrected chi connectivity index (χ4v) is 5.28. The number of carboxylic acid groups (broad SMARTS) is 1. The Kier molecular flexibility index (Phi) is 6.70. The van der Waals surface area contributed by atoms with Crippen molar-refractivity contribution in [2.24, 2.45) is 0 Å². The van der Waals surface area contributed by atoms with Crippen LogP contribution >= 0.6 is 0 Å². The lowest BCUT2D eigenvalue weighted by Crippen LogP contribution is -2.32. The molecular formula is C35H29NO3. The zero-order valence-electron chi connectivity index (χ0n) is 21.4. The largest absolute Gasteiger partial charge is 0.479 e. The SMILES string of the molecule is O=C(O)C(OC1(c2ccc3ccn(Cc4ccccc4)c3c2)C=CC(c2ccccc2)C=C1)c1ccccc1. The summed E-state index contributed by atoms with van der Waals surface area (Å²) in [5.41, 5.74) is 3.88. The minimum absolute atomic E-state index is 0.0774. The third-order valence-electron chi connectivity index (χ3n) is 7.35. The molecule has 0 aliphatic heterocycles. The van der Waals surface area contributed by atoms with E-state index in [2.05, 4.69) is 65.4 Å². The predicted octanol–water partition coefficient (Wildman–Crippen LogP) is 7.64. The number of rotatable bonds is 8. The first kappa shape index (κ1) is 24.7. The third kappa shape index (κ3) is 5.07. The molecule has 1 N–H and O–H groups in total. The van der Waals surface area contributed by atoms with Gasteiger partial charge >= 0.3 is 5.97 Å². The van der Waals surface area contributed by atoms with Crippen molar-refractivity contribution in [1.29, 1.82) is 0 Å². The summed E-state index contributed by atoms with van der Waals surface area (Å²) >= 11 is 0. The van der Waals surface area contributed by atoms with Crippen molar-refractivity contribution in [3.63, 3.8) is 0 Å². The molecule has 0 fully saturated rings. The number of aliphatic carboxylic acids is 1. The summed E-state index contributed by atoms with van der Waals surface area (Å²) in [7, 11) is 0. The first-order valence-corrected chi connectivity index (χ1v) is 13.1. The summed E-state index contributed by atoms with van der Waals surface area (Å²) in [6, 6.07) is 38.1. The van der Waals surface area contributed by atoms with E-state index in [4.69, 9.17) is 4.74 Å². The van der Waals surface area contributed by atoms with Crippen molar-refractivity contribution < 1.29 is 14.6 Å². The van der Waals surface area contributed by atoms with Crippen molar-refractivity contribution >= 4 is 16.9 Å². The van der Waals surface area contributed by atoms with Crippen LogP contribution in [0.2, 0.25) is 0 Å². The summed E-state index contributed by atoms with van der Waals surface area (Å²) in [6.45, 7) is 0.741. The zero-order chi connectivity index (χ0) is 26.7. The molecule has 39 heavy (non-hydrogen) atoms. The first-order valence-electron chi connectivity index (χ1n) is 13.1. The van der Waals surface area contributed by atoms with Gasteiger partial charge in [-0.1, -0.05) is 115 Å². The Bertz CT molecular complexity index is 1620. The van der Waals surface area contributed by atoms with E-state index >= 15 is 0 Å². The maximum atomic E-state index is 12.5. The van der Waals surface area contributed by atoms with Gasteiger partial charge in [-0.15, -0.1) is 0 Å². The van der Waals surface area contributed by atoms with Crippen LogP contribution < -0.4 is 0 Å². The molecule has 6 rings (SSSR count). The number of fused-ring (bicyclic) bond motifs is 1. The van der Waals surface area contributed by atoms with Gasteiger partial charge in [0.1, 0.15) is 5.60 Å². The van der Waals surface area contributed by atoms with Crippen molar-refractivity contribution in [2.75, 3.05) is 0 Å². The molecule has 1 heterocycles. The molecule has 1 aliphatic rings. The summed E-state index contributed by atoms with van der Waals surface area (Å²) in [5, 5.41) is 11.3. The van der Waals surface area contributed by atoms with Gasteiger partial charge in [0.25, 0.3) is 0 Å². The molecule has 0 spiro atoms. The Hall–Kier alpha value is -4.67. The van der Waals surface area contributed by atoms with Gasteiger partial charge in [-0.2, -0.15) is 0 Å². The average Bonchev–Trinajstić information content (AvgIpc) is 3.39. The molecule has 1 unspecified atom stereocenters. The lowest BCUT2D eigenvalue weighted by molar-refractivity contribution is -0.158. The van der Waals surface area contributed by atoms with Crippen LogP contribution in [0.25, 0.3) is 10.9 Å². The molecule has 4 aromatic carbocycles. The van der Waals surface area contributed by atoms with Crippen molar-refractivity contribution in [3.05, 3.63) is 168 Å². The molecule has 0 bridgehead atoms. The minimum atomic E-state index is -1.14. The maximum absolute atomic E-state index is 12.5. The average molecular weight is 512 g/mol. The molecule has 4 heteroatoms. The van der Waals surface area contributed by atoms with Crippen LogP contribution in [0.5, 0.6) is 0 Å². The van der Waals surface area contributed by atoms with E-state index < -0.39 is 17.7 Å². The van der Waals surface area contributed by atoms with E-state index in [9.17, 15) is 9.90 Å². The summed E-state index contributed by atoms with van der Waals surface area (Å²) in [5.74, 6) is -0.949. The Morgan fingerprint density at radius 3 is 2.13 bits per heavy atom. The Morgan fingerprint density at radius 2 is 1.46 bits per heavy atom. The number of aromatic nitrogens is 1. The smallest absolute Gasteiger partial charge is 0.337 e. The van der Waals surface area contributed by atoms with Gasteiger partial charge in [0.2, 0.25) is 0 Å². The van der Waals surface area contributed by atoms with Crippen LogP contribution in [0.3, 0.4) is 0 Å². The minimum Gasteiger partial charge on any atom is -0.479 e. The van der Waals surface area contributed by atoms with Crippen LogP contribution in [0.1, 0.15) is 34.3 Å². The molecule has 1 atom stereocenters. The van der Waals surface area contributed by atoms with E-state index in [-0.39, 0.29) is 5.92 Å². The third-order valence-corrected chi connectivity index (χ3v) is 7.35. The summed E-state index contributed by atoms with van der Waals surface area (Å²) < 4.78 is 8.82. The number of allylic oxidation sites excluding steroid dienone is 2. The van der Waals surface area contributed by atoms with Gasteiger partial charge in [-0.25, -0.2) is 4.79 Å². The van der Waals surface area contributed by atoms with E-state index in [1.807, 2.05) is 72.8 Å². The van der Waals surface area contributed by atoms with Crippen LogP contribution in [0.15, 0.2) is 146 Å². The van der Waals surface area contributed by atoms with Crippen molar-refractivity contribution in [2.45, 2.75) is 24.2 Å². The summed E-state index contributed by atoms with van der Waals surface area (Å²) in [6.07, 6.45) is 9.18. The number of benzene rings is 4. The number of hydrogen-bond acceptors (Lipinski definition) is 2. The van der Waals surface area contributed by atoms with Gasteiger partial charge in [0.15, 0.2) is 6.10 Å². The molecule has 4 nitrogen and oxygen atoms in total. The highest BCUT2D eigenvalue weighted by Gasteiger charge is 2.37. The van der Waals surface area contributed by atoms with Gasteiger partial charge in [-0.05, 0) is 51.9 Å². The fourth-order valence-electron chi connectivity index (χ4n) is 5.28. The molecule has 1 aliphatic carbocycles. The zero-order valence-corrected chi connectivity index (χ0v) is 21.4. The molecular weight excluding hydrogens is 482 g/mol. The van der Waals surface area contributed by atoms with Gasteiger partial charge in [-0.3, -0.25) is 0 Å². The molecule has 0 saturated heterocycles. The highest BCUT2D eigenvalue weighted by Crippen LogP contribution is 2.41. The number of carbonyl (C=O) groups is 1. The molecule has 0 amide bonds. The molecule has 192 valence electrons. The second kappa shape index (κ2) is 10.6. The summed E-state index contributed by atoms with van der Waals surface area (Å²) in [4.78, 5) is 12.5. The van der Waals surface area contributed by atoms with E-state index in [1.165, 1.54) is 11.1 Å². The lowest BCUT2D eigenvalue weighted by Gasteiger charge is -2.34. The topological polar surface area (TPSA) is 51.5 Å². The number of ether oxygens (including phenoxy) is 1. The number of hydrogen-bond donors (Lipinski definition) is 1. The monoisotopic (exact) mass is 511 g/mol. The fraction of sp³-hybridized carbons (Fsp3) is 0.114. The maximum Gasteiger partial charge on any atom is 0.337 e. The quantitative estimate of drug-likeness (QED) is 0.218.